The highest BCUT2D eigenvalue weighted by Gasteiger charge is 1.96. The lowest BCUT2D eigenvalue weighted by Crippen LogP contribution is -2.16. The third-order valence-electron chi connectivity index (χ3n) is 0.890. The summed E-state index contributed by atoms with van der Waals surface area (Å²) in [6.45, 7) is 0. The van der Waals surface area contributed by atoms with Crippen molar-refractivity contribution in [3.8, 4) is 6.01 Å². The molecule has 1 heterocycles. The highest BCUT2D eigenvalue weighted by molar-refractivity contribution is 4.83. The SMILES string of the molecule is COc1[nH]c(=O)cc[nH+]1. The molecule has 1 aromatic heterocycles. The Morgan fingerprint density at radius 2 is 2.56 bits per heavy atom. The Kier molecular flexibility index (Phi) is 1.48. The summed E-state index contributed by atoms with van der Waals surface area (Å²) in [7, 11) is 1.47. The minimum atomic E-state index is -0.175. The van der Waals surface area contributed by atoms with Gasteiger partial charge in [0.05, 0.1) is 19.4 Å². The van der Waals surface area contributed by atoms with Crippen molar-refractivity contribution in [2.24, 2.45) is 0 Å². The molecule has 0 fully saturated rings. The predicted molar refractivity (Wildman–Crippen MR) is 30.2 cm³/mol. The minimum Gasteiger partial charge on any atom is -0.434 e. The monoisotopic (exact) mass is 127 g/mol. The van der Waals surface area contributed by atoms with Gasteiger partial charge in [0.2, 0.25) is 0 Å². The summed E-state index contributed by atoms with van der Waals surface area (Å²) < 4.78 is 4.68. The van der Waals surface area contributed by atoms with Crippen LogP contribution in [0.25, 0.3) is 0 Å². The zero-order valence-corrected chi connectivity index (χ0v) is 4.97. The molecular weight excluding hydrogens is 120 g/mol. The van der Waals surface area contributed by atoms with Gasteiger partial charge in [-0.05, 0) is 0 Å². The molecule has 4 heteroatoms. The van der Waals surface area contributed by atoms with Crippen molar-refractivity contribution in [1.29, 1.82) is 0 Å². The normalized spacial score (nSPS) is 9.00. The van der Waals surface area contributed by atoms with Crippen molar-refractivity contribution in [1.82, 2.24) is 4.98 Å². The van der Waals surface area contributed by atoms with Gasteiger partial charge in [-0.1, -0.05) is 0 Å². The van der Waals surface area contributed by atoms with Crippen LogP contribution >= 0.6 is 0 Å². The number of rotatable bonds is 1. The fourth-order valence-electron chi connectivity index (χ4n) is 0.493. The van der Waals surface area contributed by atoms with E-state index < -0.39 is 0 Å². The Balaban J connectivity index is 3.08. The van der Waals surface area contributed by atoms with Gasteiger partial charge < -0.3 is 4.74 Å². The molecule has 0 saturated heterocycles. The number of ether oxygens (including phenoxy) is 1. The van der Waals surface area contributed by atoms with Crippen molar-refractivity contribution < 1.29 is 9.72 Å². The first-order valence-electron chi connectivity index (χ1n) is 2.48. The number of hydrogen-bond acceptors (Lipinski definition) is 2. The molecule has 0 saturated carbocycles. The van der Waals surface area contributed by atoms with Crippen LogP contribution in [0.5, 0.6) is 6.01 Å². The van der Waals surface area contributed by atoms with Gasteiger partial charge in [-0.15, -0.1) is 0 Å². The summed E-state index contributed by atoms with van der Waals surface area (Å²) in [5, 5.41) is 0. The molecule has 0 aliphatic carbocycles. The maximum Gasteiger partial charge on any atom is 0.454 e. The van der Waals surface area contributed by atoms with E-state index in [1.807, 2.05) is 0 Å². The molecular formula is C5H7N2O2+. The molecule has 0 atom stereocenters. The first-order chi connectivity index (χ1) is 4.33. The second kappa shape index (κ2) is 2.30. The summed E-state index contributed by atoms with van der Waals surface area (Å²) in [5.74, 6) is 0. The maximum absolute atomic E-state index is 10.5. The quantitative estimate of drug-likeness (QED) is 0.536. The first-order valence-corrected chi connectivity index (χ1v) is 2.48. The molecule has 0 unspecified atom stereocenters. The molecule has 9 heavy (non-hydrogen) atoms. The van der Waals surface area contributed by atoms with Gasteiger partial charge in [-0.2, -0.15) is 4.98 Å². The molecule has 0 aromatic carbocycles. The molecule has 2 N–H and O–H groups in total. The number of nitrogens with one attached hydrogen (secondary N) is 2. The third-order valence-corrected chi connectivity index (χ3v) is 0.890. The summed E-state index contributed by atoms with van der Waals surface area (Å²) in [5.41, 5.74) is -0.175. The fourth-order valence-corrected chi connectivity index (χ4v) is 0.493. The van der Waals surface area contributed by atoms with Crippen LogP contribution in [0.3, 0.4) is 0 Å². The van der Waals surface area contributed by atoms with Crippen molar-refractivity contribution in [3.63, 3.8) is 0 Å². The molecule has 0 spiro atoms. The van der Waals surface area contributed by atoms with Crippen LogP contribution in [0.1, 0.15) is 0 Å². The van der Waals surface area contributed by atoms with Gasteiger partial charge in [-0.25, -0.2) is 9.78 Å². The lowest BCUT2D eigenvalue weighted by Gasteiger charge is -1.85. The fraction of sp³-hybridized carbons (Fsp3) is 0.200. The van der Waals surface area contributed by atoms with Crippen molar-refractivity contribution >= 4 is 0 Å². The Morgan fingerprint density at radius 1 is 1.78 bits per heavy atom. The van der Waals surface area contributed by atoms with Gasteiger partial charge in [-0.3, -0.25) is 0 Å². The summed E-state index contributed by atoms with van der Waals surface area (Å²) in [6.07, 6.45) is 1.51. The van der Waals surface area contributed by atoms with Crippen molar-refractivity contribution in [3.05, 3.63) is 22.6 Å². The van der Waals surface area contributed by atoms with E-state index in [9.17, 15) is 4.79 Å². The lowest BCUT2D eigenvalue weighted by atomic mass is 10.7. The van der Waals surface area contributed by atoms with Gasteiger partial charge in [0.15, 0.2) is 0 Å². The summed E-state index contributed by atoms with van der Waals surface area (Å²) in [4.78, 5) is 15.6. The average Bonchev–Trinajstić information content (AvgIpc) is 1.88. The van der Waals surface area contributed by atoms with Crippen LogP contribution < -0.4 is 15.3 Å². The van der Waals surface area contributed by atoms with E-state index >= 15 is 0 Å². The van der Waals surface area contributed by atoms with Crippen LogP contribution in [-0.2, 0) is 0 Å². The van der Waals surface area contributed by atoms with Crippen molar-refractivity contribution in [2.75, 3.05) is 7.11 Å². The van der Waals surface area contributed by atoms with Gasteiger partial charge in [0.1, 0.15) is 0 Å². The molecule has 4 nitrogen and oxygen atoms in total. The highest BCUT2D eigenvalue weighted by atomic mass is 16.5. The molecule has 0 aliphatic rings. The highest BCUT2D eigenvalue weighted by Crippen LogP contribution is 1.82. The van der Waals surface area contributed by atoms with Crippen molar-refractivity contribution in [2.45, 2.75) is 0 Å². The van der Waals surface area contributed by atoms with Gasteiger partial charge in [0.25, 0.3) is 0 Å². The summed E-state index contributed by atoms with van der Waals surface area (Å²) in [6, 6.07) is 1.74. The van der Waals surface area contributed by atoms with E-state index in [0.717, 1.165) is 0 Å². The van der Waals surface area contributed by atoms with E-state index in [0.29, 0.717) is 6.01 Å². The zero-order valence-electron chi connectivity index (χ0n) is 4.97. The standard InChI is InChI=1S/C5H6N2O2/c1-9-5-6-3-2-4(8)7-5/h2-3H,1H3,(H,6,7,8)/p+1. The molecule has 1 aromatic rings. The molecule has 0 amide bonds. The summed E-state index contributed by atoms with van der Waals surface area (Å²) >= 11 is 0. The van der Waals surface area contributed by atoms with Crippen LogP contribution in [0.4, 0.5) is 0 Å². The second-order valence-corrected chi connectivity index (χ2v) is 1.50. The van der Waals surface area contributed by atoms with E-state index in [2.05, 4.69) is 14.7 Å². The molecule has 0 bridgehead atoms. The topological polar surface area (TPSA) is 56.2 Å². The van der Waals surface area contributed by atoms with Crippen LogP contribution in [0.15, 0.2) is 17.1 Å². The van der Waals surface area contributed by atoms with E-state index in [4.69, 9.17) is 0 Å². The number of aromatic nitrogens is 2. The largest absolute Gasteiger partial charge is 0.454 e. The first kappa shape index (κ1) is 5.81. The maximum atomic E-state index is 10.5. The average molecular weight is 127 g/mol. The Bertz CT molecular complexity index is 243. The molecule has 1 rings (SSSR count). The van der Waals surface area contributed by atoms with E-state index in [1.54, 1.807) is 0 Å². The number of H-pyrrole nitrogens is 2. The van der Waals surface area contributed by atoms with Gasteiger partial charge in [0, 0.05) is 0 Å². The minimum absolute atomic E-state index is 0.175. The van der Waals surface area contributed by atoms with Gasteiger partial charge >= 0.3 is 11.6 Å². The lowest BCUT2D eigenvalue weighted by molar-refractivity contribution is -0.398. The number of methoxy groups -OCH3 is 1. The van der Waals surface area contributed by atoms with E-state index in [-0.39, 0.29) is 5.56 Å². The Hall–Kier alpha value is -1.32. The predicted octanol–water partition coefficient (Wildman–Crippen LogP) is -0.802. The third kappa shape index (κ3) is 1.28. The Labute approximate surface area is 51.5 Å². The molecule has 48 valence electrons. The number of aromatic amines is 2. The van der Waals surface area contributed by atoms with Crippen LogP contribution in [0, 0.1) is 0 Å². The number of hydrogen-bond donors (Lipinski definition) is 1. The van der Waals surface area contributed by atoms with Crippen LogP contribution in [-0.4, -0.2) is 12.1 Å². The Morgan fingerprint density at radius 3 is 3.00 bits per heavy atom. The van der Waals surface area contributed by atoms with E-state index in [1.165, 1.54) is 19.4 Å². The molecule has 0 aliphatic heterocycles. The van der Waals surface area contributed by atoms with Crippen LogP contribution in [0.2, 0.25) is 0 Å². The zero-order chi connectivity index (χ0) is 6.69. The second-order valence-electron chi connectivity index (χ2n) is 1.50. The smallest absolute Gasteiger partial charge is 0.434 e. The molecule has 0 radical (unpaired) electrons.